The summed E-state index contributed by atoms with van der Waals surface area (Å²) in [7, 11) is 0. The zero-order valence-electron chi connectivity index (χ0n) is 20.2. The SMILES string of the molecule is CCCCCC(=O)O[C@@H](CNCCc1ccc(NC(=O)Cc2csc(N)n2)cc1)c1ccccc1. The molecule has 1 atom stereocenters. The van der Waals surface area contributed by atoms with E-state index in [2.05, 4.69) is 22.5 Å². The van der Waals surface area contributed by atoms with Gasteiger partial charge < -0.3 is 21.1 Å². The van der Waals surface area contributed by atoms with Crippen LogP contribution in [0.4, 0.5) is 10.8 Å². The van der Waals surface area contributed by atoms with Crippen LogP contribution in [0.1, 0.15) is 55.5 Å². The van der Waals surface area contributed by atoms with Crippen LogP contribution in [0.25, 0.3) is 0 Å². The lowest BCUT2D eigenvalue weighted by Crippen LogP contribution is -2.27. The summed E-state index contributed by atoms with van der Waals surface area (Å²) in [6, 6.07) is 17.6. The van der Waals surface area contributed by atoms with Crippen LogP contribution >= 0.6 is 11.3 Å². The molecule has 0 saturated carbocycles. The number of nitrogens with two attached hydrogens (primary N) is 1. The van der Waals surface area contributed by atoms with Crippen LogP contribution in [0.15, 0.2) is 60.0 Å². The molecule has 3 rings (SSSR count). The minimum Gasteiger partial charge on any atom is -0.456 e. The third kappa shape index (κ3) is 9.50. The van der Waals surface area contributed by atoms with Crippen molar-refractivity contribution >= 4 is 34.0 Å². The molecule has 1 heterocycles. The Bertz CT molecular complexity index is 1050. The van der Waals surface area contributed by atoms with E-state index < -0.39 is 0 Å². The molecular weight excluding hydrogens is 460 g/mol. The Hall–Kier alpha value is -3.23. The molecule has 0 saturated heterocycles. The number of carbonyl (C=O) groups is 2. The van der Waals surface area contributed by atoms with E-state index in [0.717, 1.165) is 49.0 Å². The van der Waals surface area contributed by atoms with Crippen molar-refractivity contribution in [2.45, 2.75) is 51.6 Å². The number of nitrogens with one attached hydrogen (secondary N) is 2. The highest BCUT2D eigenvalue weighted by Gasteiger charge is 2.16. The normalized spacial score (nSPS) is 11.7. The van der Waals surface area contributed by atoms with Crippen LogP contribution in [-0.4, -0.2) is 29.9 Å². The first-order chi connectivity index (χ1) is 17.0. The topological polar surface area (TPSA) is 106 Å². The minimum absolute atomic E-state index is 0.124. The second-order valence-corrected chi connectivity index (χ2v) is 9.29. The number of unbranched alkanes of at least 4 members (excludes halogenated alkanes) is 2. The molecule has 7 nitrogen and oxygen atoms in total. The molecule has 0 unspecified atom stereocenters. The number of ether oxygens (including phenoxy) is 1. The number of aromatic nitrogens is 1. The van der Waals surface area contributed by atoms with Crippen molar-refractivity contribution in [1.82, 2.24) is 10.3 Å². The van der Waals surface area contributed by atoms with Crippen LogP contribution in [-0.2, 0) is 27.2 Å². The lowest BCUT2D eigenvalue weighted by molar-refractivity contribution is -0.149. The monoisotopic (exact) mass is 494 g/mol. The van der Waals surface area contributed by atoms with Gasteiger partial charge in [0.2, 0.25) is 5.91 Å². The predicted octanol–water partition coefficient (Wildman–Crippen LogP) is 4.90. The quantitative estimate of drug-likeness (QED) is 0.217. The average Bonchev–Trinajstić information content (AvgIpc) is 3.27. The fraction of sp³-hybridized carbons (Fsp3) is 0.370. The fourth-order valence-electron chi connectivity index (χ4n) is 3.63. The Morgan fingerprint density at radius 3 is 2.54 bits per heavy atom. The second-order valence-electron chi connectivity index (χ2n) is 8.40. The summed E-state index contributed by atoms with van der Waals surface area (Å²) in [4.78, 5) is 28.6. The third-order valence-corrected chi connectivity index (χ3v) is 6.22. The Labute approximate surface area is 211 Å². The summed E-state index contributed by atoms with van der Waals surface area (Å²) in [5, 5.41) is 8.56. The summed E-state index contributed by atoms with van der Waals surface area (Å²) >= 11 is 1.33. The van der Waals surface area contributed by atoms with Crippen LogP contribution < -0.4 is 16.4 Å². The highest BCUT2D eigenvalue weighted by molar-refractivity contribution is 7.13. The van der Waals surface area contributed by atoms with Crippen molar-refractivity contribution in [3.05, 3.63) is 76.8 Å². The van der Waals surface area contributed by atoms with E-state index in [-0.39, 0.29) is 24.4 Å². The maximum atomic E-state index is 12.3. The first-order valence-electron chi connectivity index (χ1n) is 12.1. The average molecular weight is 495 g/mol. The van der Waals surface area contributed by atoms with Crippen molar-refractivity contribution in [2.75, 3.05) is 24.1 Å². The van der Waals surface area contributed by atoms with Gasteiger partial charge in [0, 0.05) is 24.0 Å². The molecule has 1 aromatic heterocycles. The van der Waals surface area contributed by atoms with Crippen molar-refractivity contribution in [1.29, 1.82) is 0 Å². The molecule has 0 fully saturated rings. The van der Waals surface area contributed by atoms with Gasteiger partial charge in [0.15, 0.2) is 5.13 Å². The van der Waals surface area contributed by atoms with E-state index >= 15 is 0 Å². The summed E-state index contributed by atoms with van der Waals surface area (Å²) in [5.41, 5.74) is 9.17. The van der Waals surface area contributed by atoms with Gasteiger partial charge >= 0.3 is 5.97 Å². The Morgan fingerprint density at radius 1 is 1.09 bits per heavy atom. The molecule has 0 spiro atoms. The van der Waals surface area contributed by atoms with Crippen molar-refractivity contribution < 1.29 is 14.3 Å². The standard InChI is InChI=1S/C27H34N4O3S/c1-2-3-5-10-26(33)34-24(21-8-6-4-7-9-21)18-29-16-15-20-11-13-22(14-12-20)30-25(32)17-23-19-35-27(28)31-23/h4,6-9,11-14,19,24,29H,2-3,5,10,15-18H2,1H3,(H2,28,31)(H,30,32)/t24-/m0/s1. The van der Waals surface area contributed by atoms with Gasteiger partial charge in [-0.05, 0) is 42.6 Å². The smallest absolute Gasteiger partial charge is 0.306 e. The molecule has 186 valence electrons. The molecule has 8 heteroatoms. The van der Waals surface area contributed by atoms with E-state index in [0.29, 0.717) is 23.8 Å². The van der Waals surface area contributed by atoms with Crippen LogP contribution in [0.5, 0.6) is 0 Å². The predicted molar refractivity (Wildman–Crippen MR) is 141 cm³/mol. The molecule has 1 amide bonds. The maximum Gasteiger partial charge on any atom is 0.306 e. The molecule has 0 aliphatic carbocycles. The number of amides is 1. The number of benzene rings is 2. The lowest BCUT2D eigenvalue weighted by Gasteiger charge is -2.19. The molecule has 3 aromatic rings. The number of anilines is 2. The number of carbonyl (C=O) groups excluding carboxylic acids is 2. The van der Waals surface area contributed by atoms with Gasteiger partial charge in [-0.2, -0.15) is 0 Å². The van der Waals surface area contributed by atoms with Crippen molar-refractivity contribution in [3.8, 4) is 0 Å². The van der Waals surface area contributed by atoms with Gasteiger partial charge in [0.25, 0.3) is 0 Å². The van der Waals surface area contributed by atoms with E-state index in [1.165, 1.54) is 11.3 Å². The zero-order chi connectivity index (χ0) is 24.9. The van der Waals surface area contributed by atoms with Gasteiger partial charge in [-0.3, -0.25) is 9.59 Å². The summed E-state index contributed by atoms with van der Waals surface area (Å²) in [5.74, 6) is -0.272. The molecular formula is C27H34N4O3S. The highest BCUT2D eigenvalue weighted by atomic mass is 32.1. The van der Waals surface area contributed by atoms with Crippen LogP contribution in [0.3, 0.4) is 0 Å². The summed E-state index contributed by atoms with van der Waals surface area (Å²) in [6.07, 6.45) is 4.14. The van der Waals surface area contributed by atoms with E-state index in [1.807, 2.05) is 54.6 Å². The number of hydrogen-bond donors (Lipinski definition) is 3. The number of rotatable bonds is 14. The third-order valence-electron chi connectivity index (χ3n) is 5.50. The van der Waals surface area contributed by atoms with Crippen LogP contribution in [0, 0.1) is 0 Å². The van der Waals surface area contributed by atoms with E-state index in [1.54, 1.807) is 5.38 Å². The number of thiazole rings is 1. The number of nitrogen functional groups attached to an aromatic ring is 1. The Balaban J connectivity index is 1.43. The molecule has 0 aliphatic heterocycles. The fourth-order valence-corrected chi connectivity index (χ4v) is 4.19. The lowest BCUT2D eigenvalue weighted by atomic mass is 10.1. The first kappa shape index (κ1) is 26.4. The van der Waals surface area contributed by atoms with E-state index in [9.17, 15) is 9.59 Å². The van der Waals surface area contributed by atoms with Crippen LogP contribution in [0.2, 0.25) is 0 Å². The number of hydrogen-bond acceptors (Lipinski definition) is 7. The minimum atomic E-state index is -0.309. The second kappa shape index (κ2) is 14.2. The van der Waals surface area contributed by atoms with Crippen molar-refractivity contribution in [3.63, 3.8) is 0 Å². The summed E-state index contributed by atoms with van der Waals surface area (Å²) in [6.45, 7) is 3.42. The maximum absolute atomic E-state index is 12.3. The number of nitrogens with zero attached hydrogens (tertiary/aromatic N) is 1. The molecule has 4 N–H and O–H groups in total. The van der Waals surface area contributed by atoms with Gasteiger partial charge in [0.1, 0.15) is 6.10 Å². The van der Waals surface area contributed by atoms with Gasteiger partial charge in [-0.1, -0.05) is 62.2 Å². The Morgan fingerprint density at radius 2 is 1.86 bits per heavy atom. The molecule has 0 aliphatic rings. The largest absolute Gasteiger partial charge is 0.456 e. The van der Waals surface area contributed by atoms with Gasteiger partial charge in [-0.25, -0.2) is 4.98 Å². The first-order valence-corrected chi connectivity index (χ1v) is 12.9. The summed E-state index contributed by atoms with van der Waals surface area (Å²) < 4.78 is 5.78. The van der Waals surface area contributed by atoms with E-state index in [4.69, 9.17) is 10.5 Å². The molecule has 35 heavy (non-hydrogen) atoms. The Kier molecular flexibility index (Phi) is 10.7. The van der Waals surface area contributed by atoms with Gasteiger partial charge in [0.05, 0.1) is 12.1 Å². The molecule has 0 radical (unpaired) electrons. The highest BCUT2D eigenvalue weighted by Crippen LogP contribution is 2.18. The van der Waals surface area contributed by atoms with Crippen molar-refractivity contribution in [2.24, 2.45) is 0 Å². The zero-order valence-corrected chi connectivity index (χ0v) is 21.0. The van der Waals surface area contributed by atoms with Gasteiger partial charge in [-0.15, -0.1) is 11.3 Å². The molecule has 0 bridgehead atoms. The number of esters is 1. The molecule has 2 aromatic carbocycles.